The number of nitrogens with zero attached hydrogens (tertiary/aromatic N) is 1. The number of aryl methyl sites for hydroxylation is 1. The lowest BCUT2D eigenvalue weighted by Crippen LogP contribution is -2.09. The highest BCUT2D eigenvalue weighted by atomic mass is 32.1. The Hall–Kier alpha value is -2.73. The van der Waals surface area contributed by atoms with Crippen molar-refractivity contribution in [3.8, 4) is 21.7 Å². The second-order valence-corrected chi connectivity index (χ2v) is 5.70. The summed E-state index contributed by atoms with van der Waals surface area (Å²) in [5.74, 6) is -1.03. The highest BCUT2D eigenvalue weighted by Gasteiger charge is 2.19. The Labute approximate surface area is 129 Å². The molecule has 0 bridgehead atoms. The summed E-state index contributed by atoms with van der Waals surface area (Å²) in [6.45, 7) is 1.63. The zero-order chi connectivity index (χ0) is 15.7. The Bertz CT molecular complexity index is 897. The van der Waals surface area contributed by atoms with Crippen molar-refractivity contribution >= 4 is 17.3 Å². The first kappa shape index (κ1) is 14.2. The van der Waals surface area contributed by atoms with Crippen molar-refractivity contribution in [3.05, 3.63) is 63.5 Å². The lowest BCUT2D eigenvalue weighted by atomic mass is 10.0. The van der Waals surface area contributed by atoms with Crippen LogP contribution in [0.5, 0.6) is 0 Å². The number of nitrogens with one attached hydrogen (secondary N) is 1. The Morgan fingerprint density at radius 3 is 2.59 bits per heavy atom. The summed E-state index contributed by atoms with van der Waals surface area (Å²) in [4.78, 5) is 30.5. The van der Waals surface area contributed by atoms with E-state index in [0.29, 0.717) is 16.3 Å². The minimum absolute atomic E-state index is 0.150. The summed E-state index contributed by atoms with van der Waals surface area (Å²) in [6, 6.07) is 11.3. The highest BCUT2D eigenvalue weighted by molar-refractivity contribution is 7.17. The van der Waals surface area contributed by atoms with Crippen molar-refractivity contribution in [3.63, 3.8) is 0 Å². The number of H-pyrrole nitrogens is 1. The third kappa shape index (κ3) is 2.44. The molecule has 0 atom stereocenters. The Morgan fingerprint density at radius 2 is 1.95 bits per heavy atom. The molecule has 5 nitrogen and oxygen atoms in total. The van der Waals surface area contributed by atoms with E-state index in [2.05, 4.69) is 9.97 Å². The number of thiazole rings is 1. The van der Waals surface area contributed by atoms with Gasteiger partial charge in [-0.3, -0.25) is 4.79 Å². The summed E-state index contributed by atoms with van der Waals surface area (Å²) in [5.41, 5.74) is 2.14. The largest absolute Gasteiger partial charge is 0.477 e. The average Bonchev–Trinajstić information content (AvgIpc) is 2.89. The number of carboxylic acids is 1. The fourth-order valence-electron chi connectivity index (χ4n) is 2.25. The zero-order valence-electron chi connectivity index (χ0n) is 11.7. The molecule has 0 radical (unpaired) electrons. The standard InChI is InChI=1S/C16H12N2O3S/c1-9-13(16(20)21)22-15(18-9)12-11(7-8-17-14(12)19)10-5-3-2-4-6-10/h2-8H,1H3,(H,17,19)(H,20,21). The zero-order valence-corrected chi connectivity index (χ0v) is 12.5. The molecular formula is C16H12N2O3S. The van der Waals surface area contributed by atoms with Crippen molar-refractivity contribution in [1.82, 2.24) is 9.97 Å². The van der Waals surface area contributed by atoms with E-state index in [9.17, 15) is 9.59 Å². The minimum atomic E-state index is -1.03. The molecule has 0 saturated carbocycles. The fourth-order valence-corrected chi connectivity index (χ4v) is 3.21. The highest BCUT2D eigenvalue weighted by Crippen LogP contribution is 2.32. The molecule has 2 heterocycles. The van der Waals surface area contributed by atoms with Crippen LogP contribution >= 0.6 is 11.3 Å². The monoisotopic (exact) mass is 312 g/mol. The molecule has 1 aromatic carbocycles. The third-order valence-corrected chi connectivity index (χ3v) is 4.41. The molecule has 0 aliphatic rings. The number of aromatic amines is 1. The van der Waals surface area contributed by atoms with Gasteiger partial charge in [-0.2, -0.15) is 0 Å². The SMILES string of the molecule is Cc1nc(-c2c(-c3ccccc3)cc[nH]c2=O)sc1C(=O)O. The van der Waals surface area contributed by atoms with Gasteiger partial charge in [-0.25, -0.2) is 9.78 Å². The number of aromatic carboxylic acids is 1. The van der Waals surface area contributed by atoms with Gasteiger partial charge >= 0.3 is 5.97 Å². The summed E-state index contributed by atoms with van der Waals surface area (Å²) < 4.78 is 0. The quantitative estimate of drug-likeness (QED) is 0.778. The van der Waals surface area contributed by atoms with Gasteiger partial charge in [-0.05, 0) is 24.1 Å². The van der Waals surface area contributed by atoms with Gasteiger partial charge in [-0.15, -0.1) is 11.3 Å². The van der Waals surface area contributed by atoms with Crippen LogP contribution in [0.2, 0.25) is 0 Å². The maximum atomic E-state index is 12.3. The van der Waals surface area contributed by atoms with E-state index in [1.165, 1.54) is 0 Å². The van der Waals surface area contributed by atoms with E-state index in [4.69, 9.17) is 5.11 Å². The van der Waals surface area contributed by atoms with Crippen LogP contribution < -0.4 is 5.56 Å². The van der Waals surface area contributed by atoms with Crippen molar-refractivity contribution in [2.75, 3.05) is 0 Å². The molecule has 0 aliphatic carbocycles. The number of rotatable bonds is 3. The van der Waals surface area contributed by atoms with Crippen LogP contribution in [0.15, 0.2) is 47.4 Å². The maximum absolute atomic E-state index is 12.3. The number of benzene rings is 1. The summed E-state index contributed by atoms with van der Waals surface area (Å²) >= 11 is 1.01. The topological polar surface area (TPSA) is 83.0 Å². The van der Waals surface area contributed by atoms with Gasteiger partial charge in [0.1, 0.15) is 9.88 Å². The van der Waals surface area contributed by atoms with Gasteiger partial charge < -0.3 is 10.1 Å². The van der Waals surface area contributed by atoms with Crippen LogP contribution in [0.3, 0.4) is 0 Å². The molecule has 2 aromatic heterocycles. The predicted molar refractivity (Wildman–Crippen MR) is 85.3 cm³/mol. The van der Waals surface area contributed by atoms with Gasteiger partial charge in [0.25, 0.3) is 5.56 Å². The van der Waals surface area contributed by atoms with Gasteiger partial charge in [-0.1, -0.05) is 30.3 Å². The molecule has 0 amide bonds. The van der Waals surface area contributed by atoms with E-state index in [1.807, 2.05) is 30.3 Å². The van der Waals surface area contributed by atoms with Crippen molar-refractivity contribution in [1.29, 1.82) is 0 Å². The molecule has 3 aromatic rings. The van der Waals surface area contributed by atoms with Crippen LogP contribution in [0.1, 0.15) is 15.4 Å². The number of hydrogen-bond acceptors (Lipinski definition) is 4. The van der Waals surface area contributed by atoms with Crippen LogP contribution in [0.4, 0.5) is 0 Å². The summed E-state index contributed by atoms with van der Waals surface area (Å²) in [6.07, 6.45) is 1.58. The van der Waals surface area contributed by atoms with Crippen LogP contribution in [-0.2, 0) is 0 Å². The first-order valence-corrected chi connectivity index (χ1v) is 7.38. The molecule has 0 aliphatic heterocycles. The Balaban J connectivity index is 2.26. The maximum Gasteiger partial charge on any atom is 0.347 e. The average molecular weight is 312 g/mol. The molecular weight excluding hydrogens is 300 g/mol. The van der Waals surface area contributed by atoms with Crippen molar-refractivity contribution < 1.29 is 9.90 Å². The first-order chi connectivity index (χ1) is 10.6. The van der Waals surface area contributed by atoms with E-state index < -0.39 is 5.97 Å². The number of aromatic nitrogens is 2. The van der Waals surface area contributed by atoms with Crippen molar-refractivity contribution in [2.24, 2.45) is 0 Å². The Kier molecular flexibility index (Phi) is 3.60. The molecule has 0 unspecified atom stereocenters. The molecule has 22 heavy (non-hydrogen) atoms. The van der Waals surface area contributed by atoms with Crippen LogP contribution in [-0.4, -0.2) is 21.0 Å². The minimum Gasteiger partial charge on any atom is -0.477 e. The third-order valence-electron chi connectivity index (χ3n) is 3.25. The molecule has 3 rings (SSSR count). The second kappa shape index (κ2) is 5.57. The normalized spacial score (nSPS) is 10.6. The number of carboxylic acid groups (broad SMARTS) is 1. The van der Waals surface area contributed by atoms with Crippen molar-refractivity contribution in [2.45, 2.75) is 6.92 Å². The van der Waals surface area contributed by atoms with Gasteiger partial charge in [0.15, 0.2) is 0 Å². The van der Waals surface area contributed by atoms with E-state index >= 15 is 0 Å². The molecule has 2 N–H and O–H groups in total. The Morgan fingerprint density at radius 1 is 1.23 bits per heavy atom. The van der Waals surface area contributed by atoms with Gasteiger partial charge in [0.2, 0.25) is 0 Å². The van der Waals surface area contributed by atoms with Gasteiger partial charge in [0, 0.05) is 6.20 Å². The van der Waals surface area contributed by atoms with E-state index in [-0.39, 0.29) is 10.4 Å². The summed E-state index contributed by atoms with van der Waals surface area (Å²) in [5, 5.41) is 9.58. The number of hydrogen-bond donors (Lipinski definition) is 2. The lowest BCUT2D eigenvalue weighted by molar-refractivity contribution is 0.0701. The lowest BCUT2D eigenvalue weighted by Gasteiger charge is -2.06. The number of pyridine rings is 1. The fraction of sp³-hybridized carbons (Fsp3) is 0.0625. The second-order valence-electron chi connectivity index (χ2n) is 4.70. The number of carbonyl (C=O) groups is 1. The smallest absolute Gasteiger partial charge is 0.347 e. The molecule has 0 fully saturated rings. The first-order valence-electron chi connectivity index (χ1n) is 6.56. The van der Waals surface area contributed by atoms with E-state index in [0.717, 1.165) is 22.5 Å². The molecule has 0 saturated heterocycles. The molecule has 0 spiro atoms. The van der Waals surface area contributed by atoms with Gasteiger partial charge in [0.05, 0.1) is 11.3 Å². The van der Waals surface area contributed by atoms with Crippen LogP contribution in [0.25, 0.3) is 21.7 Å². The molecule has 6 heteroatoms. The summed E-state index contributed by atoms with van der Waals surface area (Å²) in [7, 11) is 0. The van der Waals surface area contributed by atoms with E-state index in [1.54, 1.807) is 19.2 Å². The predicted octanol–water partition coefficient (Wildman–Crippen LogP) is 3.17. The molecule has 110 valence electrons. The van der Waals surface area contributed by atoms with Crippen LogP contribution in [0, 0.1) is 6.92 Å².